The van der Waals surface area contributed by atoms with Crippen LogP contribution < -0.4 is 0 Å². The molecule has 36 heavy (non-hydrogen) atoms. The average Bonchev–Trinajstić information content (AvgIpc) is 3.01. The van der Waals surface area contributed by atoms with Crippen LogP contribution in [0, 0.1) is 0 Å². The van der Waals surface area contributed by atoms with E-state index in [1.807, 2.05) is 6.92 Å². The van der Waals surface area contributed by atoms with Crippen molar-refractivity contribution in [3.05, 3.63) is 12.2 Å². The molecule has 4 aliphatic heterocycles. The average molecular weight is 574 g/mol. The number of aliphatic hydroxyl groups is 2. The van der Waals surface area contributed by atoms with Crippen LogP contribution in [0.5, 0.6) is 0 Å². The molecule has 3 fully saturated rings. The van der Waals surface area contributed by atoms with Crippen molar-refractivity contribution in [2.24, 2.45) is 0 Å². The zero-order chi connectivity index (χ0) is 26.6. The molecule has 4 heterocycles. The molecular formula is C29H49BrO6. The van der Waals surface area contributed by atoms with Crippen molar-refractivity contribution in [1.82, 2.24) is 0 Å². The second kappa shape index (κ2) is 10.2. The first-order chi connectivity index (χ1) is 16.6. The van der Waals surface area contributed by atoms with Crippen LogP contribution in [0.3, 0.4) is 0 Å². The van der Waals surface area contributed by atoms with Crippen LogP contribution in [0.25, 0.3) is 0 Å². The third-order valence-corrected chi connectivity index (χ3v) is 10.8. The van der Waals surface area contributed by atoms with Gasteiger partial charge in [0.05, 0.1) is 58.5 Å². The van der Waals surface area contributed by atoms with Crippen LogP contribution in [0.15, 0.2) is 12.2 Å². The first-order valence-electron chi connectivity index (χ1n) is 14.0. The highest BCUT2D eigenvalue weighted by Gasteiger charge is 2.54. The molecule has 1 unspecified atom stereocenters. The van der Waals surface area contributed by atoms with Gasteiger partial charge in [0, 0.05) is 4.83 Å². The zero-order valence-electron chi connectivity index (χ0n) is 23.4. The topological polar surface area (TPSA) is 77.4 Å². The molecule has 7 heteroatoms. The molecule has 4 rings (SSSR count). The lowest BCUT2D eigenvalue weighted by molar-refractivity contribution is -0.260. The second-order valence-electron chi connectivity index (χ2n) is 13.5. The number of rotatable bonds is 4. The van der Waals surface area contributed by atoms with E-state index in [4.69, 9.17) is 18.9 Å². The van der Waals surface area contributed by atoms with E-state index in [9.17, 15) is 10.2 Å². The SMILES string of the molecule is CC1(C)C=CC[C@@]2(C)O[C@H]3CC[C@H](C(C)(O)CC[C@@H]4OC(C)(C)[C@H](Br)CC[C@@H]4O)O[C@]3(C)CC[C@@H]2O1. The van der Waals surface area contributed by atoms with Crippen molar-refractivity contribution < 1.29 is 29.2 Å². The maximum atomic E-state index is 11.6. The molecule has 0 amide bonds. The summed E-state index contributed by atoms with van der Waals surface area (Å²) in [6.45, 7) is 14.5. The predicted octanol–water partition coefficient (Wildman–Crippen LogP) is 5.60. The summed E-state index contributed by atoms with van der Waals surface area (Å²) >= 11 is 3.72. The second-order valence-corrected chi connectivity index (χ2v) is 14.6. The Morgan fingerprint density at radius 2 is 1.58 bits per heavy atom. The highest BCUT2D eigenvalue weighted by Crippen LogP contribution is 2.47. The number of aliphatic hydroxyl groups excluding tert-OH is 1. The number of hydrogen-bond acceptors (Lipinski definition) is 6. The van der Waals surface area contributed by atoms with E-state index in [-0.39, 0.29) is 40.4 Å². The lowest BCUT2D eigenvalue weighted by Gasteiger charge is -2.49. The summed E-state index contributed by atoms with van der Waals surface area (Å²) in [5.74, 6) is 0. The number of halogens is 1. The van der Waals surface area contributed by atoms with Gasteiger partial charge in [0.1, 0.15) is 0 Å². The monoisotopic (exact) mass is 572 g/mol. The van der Waals surface area contributed by atoms with Gasteiger partial charge in [-0.2, -0.15) is 0 Å². The fourth-order valence-corrected chi connectivity index (χ4v) is 6.99. The van der Waals surface area contributed by atoms with E-state index < -0.39 is 22.9 Å². The molecule has 3 saturated heterocycles. The summed E-state index contributed by atoms with van der Waals surface area (Å²) in [7, 11) is 0. The Labute approximate surface area is 226 Å². The molecule has 0 saturated carbocycles. The standard InChI is InChI=1S/C29H49BrO6/c1-25(2)15-8-16-28(6)24(34-25)14-18-29(7)23(36-28)12-11-22(35-29)27(5,32)17-13-20-19(31)9-10-21(30)26(3,4)33-20/h8,15,19-24,31-32H,9-14,16-18H2,1-7H3/t19-,20-,21+,22+,23-,24-,27?,28+,29+/m0/s1. The summed E-state index contributed by atoms with van der Waals surface area (Å²) in [5.41, 5.74) is -2.58. The molecule has 208 valence electrons. The Kier molecular flexibility index (Phi) is 8.20. The van der Waals surface area contributed by atoms with Crippen LogP contribution in [0.1, 0.15) is 106 Å². The van der Waals surface area contributed by atoms with Gasteiger partial charge in [-0.1, -0.05) is 28.1 Å². The van der Waals surface area contributed by atoms with E-state index >= 15 is 0 Å². The quantitative estimate of drug-likeness (QED) is 0.337. The van der Waals surface area contributed by atoms with Gasteiger partial charge in [-0.05, 0) is 106 Å². The first-order valence-corrected chi connectivity index (χ1v) is 14.9. The number of ether oxygens (including phenoxy) is 4. The number of hydrogen-bond donors (Lipinski definition) is 2. The van der Waals surface area contributed by atoms with Crippen LogP contribution >= 0.6 is 15.9 Å². The molecule has 0 radical (unpaired) electrons. The van der Waals surface area contributed by atoms with Gasteiger partial charge in [0.2, 0.25) is 0 Å². The van der Waals surface area contributed by atoms with Gasteiger partial charge in [0.25, 0.3) is 0 Å². The maximum absolute atomic E-state index is 11.6. The van der Waals surface area contributed by atoms with Gasteiger partial charge in [-0.25, -0.2) is 0 Å². The Morgan fingerprint density at radius 3 is 2.31 bits per heavy atom. The largest absolute Gasteiger partial charge is 0.390 e. The Morgan fingerprint density at radius 1 is 0.889 bits per heavy atom. The Hall–Kier alpha value is -0.0200. The van der Waals surface area contributed by atoms with Crippen LogP contribution in [0.2, 0.25) is 0 Å². The van der Waals surface area contributed by atoms with Crippen molar-refractivity contribution in [2.45, 2.75) is 170 Å². The highest BCUT2D eigenvalue weighted by atomic mass is 79.9. The van der Waals surface area contributed by atoms with Gasteiger partial charge in [-0.15, -0.1) is 0 Å². The van der Waals surface area contributed by atoms with Crippen LogP contribution in [-0.4, -0.2) is 73.6 Å². The number of fused-ring (bicyclic) bond motifs is 2. The van der Waals surface area contributed by atoms with Gasteiger partial charge in [-0.3, -0.25) is 0 Å². The van der Waals surface area contributed by atoms with Crippen LogP contribution in [0.4, 0.5) is 0 Å². The van der Waals surface area contributed by atoms with E-state index in [2.05, 4.69) is 69.6 Å². The highest BCUT2D eigenvalue weighted by molar-refractivity contribution is 9.09. The van der Waals surface area contributed by atoms with Crippen LogP contribution in [-0.2, 0) is 18.9 Å². The van der Waals surface area contributed by atoms with Crippen molar-refractivity contribution >= 4 is 15.9 Å². The van der Waals surface area contributed by atoms with E-state index in [1.165, 1.54) is 0 Å². The van der Waals surface area contributed by atoms with Crippen molar-refractivity contribution in [3.63, 3.8) is 0 Å². The molecule has 4 aliphatic rings. The third kappa shape index (κ3) is 6.08. The fraction of sp³-hybridized carbons (Fsp3) is 0.931. The van der Waals surface area contributed by atoms with E-state index in [0.717, 1.165) is 38.5 Å². The summed E-state index contributed by atoms with van der Waals surface area (Å²) in [4.78, 5) is 0.193. The molecule has 0 spiro atoms. The van der Waals surface area contributed by atoms with E-state index in [1.54, 1.807) is 0 Å². The van der Waals surface area contributed by atoms with Crippen molar-refractivity contribution in [3.8, 4) is 0 Å². The molecule has 0 aliphatic carbocycles. The van der Waals surface area contributed by atoms with Gasteiger partial charge in [0.15, 0.2) is 0 Å². The molecule has 2 N–H and O–H groups in total. The minimum Gasteiger partial charge on any atom is -0.390 e. The number of alkyl halides is 1. The summed E-state index contributed by atoms with van der Waals surface area (Å²) in [6, 6.07) is 0. The lowest BCUT2D eigenvalue weighted by Crippen LogP contribution is -2.57. The predicted molar refractivity (Wildman–Crippen MR) is 144 cm³/mol. The fourth-order valence-electron chi connectivity index (χ4n) is 6.62. The summed E-state index contributed by atoms with van der Waals surface area (Å²) in [5, 5.41) is 22.3. The summed E-state index contributed by atoms with van der Waals surface area (Å²) < 4.78 is 26.4. The Balaban J connectivity index is 1.42. The maximum Gasteiger partial charge on any atom is 0.0954 e. The van der Waals surface area contributed by atoms with Crippen molar-refractivity contribution in [2.75, 3.05) is 0 Å². The normalized spacial score (nSPS) is 46.4. The smallest absolute Gasteiger partial charge is 0.0954 e. The van der Waals surface area contributed by atoms with Gasteiger partial charge >= 0.3 is 0 Å². The Bertz CT molecular complexity index is 812. The molecule has 0 aromatic rings. The molecule has 6 nitrogen and oxygen atoms in total. The van der Waals surface area contributed by atoms with Gasteiger partial charge < -0.3 is 29.2 Å². The first kappa shape index (κ1) is 29.0. The molecule has 0 aromatic heterocycles. The zero-order valence-corrected chi connectivity index (χ0v) is 25.0. The molecular weight excluding hydrogens is 524 g/mol. The molecule has 9 atom stereocenters. The minimum absolute atomic E-state index is 0.0111. The summed E-state index contributed by atoms with van der Waals surface area (Å²) in [6.07, 6.45) is 9.89. The van der Waals surface area contributed by atoms with E-state index in [0.29, 0.717) is 19.3 Å². The molecule has 0 bridgehead atoms. The molecule has 0 aromatic carbocycles. The lowest BCUT2D eigenvalue weighted by atomic mass is 9.80. The third-order valence-electron chi connectivity index (χ3n) is 9.25. The minimum atomic E-state index is -1.02. The van der Waals surface area contributed by atoms with Crippen molar-refractivity contribution in [1.29, 1.82) is 0 Å².